The number of carbonyl (C=O) groups is 2. The number of rotatable bonds is 3. The van der Waals surface area contributed by atoms with Crippen molar-refractivity contribution in [1.82, 2.24) is 4.90 Å². The van der Waals surface area contributed by atoms with Crippen molar-refractivity contribution in [2.45, 2.75) is 31.2 Å². The van der Waals surface area contributed by atoms with Gasteiger partial charge < -0.3 is 15.7 Å². The molecule has 0 bridgehead atoms. The van der Waals surface area contributed by atoms with Crippen LogP contribution < -0.4 is 5.73 Å². The quantitative estimate of drug-likeness (QED) is 0.678. The van der Waals surface area contributed by atoms with E-state index in [1.54, 1.807) is 4.90 Å². The van der Waals surface area contributed by atoms with Crippen LogP contribution in [0.4, 0.5) is 0 Å². The Kier molecular flexibility index (Phi) is 2.42. The summed E-state index contributed by atoms with van der Waals surface area (Å²) in [6.45, 7) is 1.12. The Morgan fingerprint density at radius 1 is 1.40 bits per heavy atom. The zero-order valence-corrected chi connectivity index (χ0v) is 8.61. The molecule has 15 heavy (non-hydrogen) atoms. The van der Waals surface area contributed by atoms with Gasteiger partial charge in [-0.3, -0.25) is 9.59 Å². The van der Waals surface area contributed by atoms with Crippen LogP contribution in [0.3, 0.4) is 0 Å². The molecular weight excluding hydrogens is 196 g/mol. The summed E-state index contributed by atoms with van der Waals surface area (Å²) in [6.07, 6.45) is 2.72. The van der Waals surface area contributed by atoms with E-state index in [4.69, 9.17) is 10.8 Å². The van der Waals surface area contributed by atoms with Crippen molar-refractivity contribution in [2.24, 2.45) is 11.7 Å². The molecule has 1 saturated carbocycles. The number of hydrogen-bond donors (Lipinski definition) is 2. The normalized spacial score (nSPS) is 24.2. The molecule has 1 aliphatic heterocycles. The first-order valence-corrected chi connectivity index (χ1v) is 5.31. The zero-order valence-electron chi connectivity index (χ0n) is 8.61. The van der Waals surface area contributed by atoms with Gasteiger partial charge in [-0.2, -0.15) is 0 Å². The molecule has 1 saturated heterocycles. The molecular formula is C10H16N2O3. The molecule has 0 radical (unpaired) electrons. The Morgan fingerprint density at radius 3 is 2.40 bits per heavy atom. The third-order valence-corrected chi connectivity index (χ3v) is 3.38. The molecule has 2 fully saturated rings. The van der Waals surface area contributed by atoms with E-state index in [0.29, 0.717) is 13.1 Å². The number of carbonyl (C=O) groups excluding carboxylic acids is 1. The van der Waals surface area contributed by atoms with Crippen LogP contribution in [0, 0.1) is 5.92 Å². The summed E-state index contributed by atoms with van der Waals surface area (Å²) in [5.74, 6) is -0.663. The molecule has 84 valence electrons. The lowest BCUT2D eigenvalue weighted by Crippen LogP contribution is -2.64. The van der Waals surface area contributed by atoms with Crippen molar-refractivity contribution in [3.8, 4) is 0 Å². The van der Waals surface area contributed by atoms with Gasteiger partial charge in [-0.1, -0.05) is 0 Å². The minimum atomic E-state index is -0.793. The topological polar surface area (TPSA) is 83.6 Å². The highest BCUT2D eigenvalue weighted by molar-refractivity contribution is 5.87. The maximum absolute atomic E-state index is 11.8. The van der Waals surface area contributed by atoms with Gasteiger partial charge in [0.1, 0.15) is 0 Å². The maximum Gasteiger partial charge on any atom is 0.303 e. The van der Waals surface area contributed by atoms with Gasteiger partial charge in [0.15, 0.2) is 0 Å². The van der Waals surface area contributed by atoms with E-state index in [9.17, 15) is 9.59 Å². The van der Waals surface area contributed by atoms with Crippen molar-refractivity contribution in [2.75, 3.05) is 13.1 Å². The zero-order chi connectivity index (χ0) is 11.1. The highest BCUT2D eigenvalue weighted by Gasteiger charge is 2.45. The smallest absolute Gasteiger partial charge is 0.303 e. The van der Waals surface area contributed by atoms with Gasteiger partial charge in [-0.05, 0) is 19.3 Å². The summed E-state index contributed by atoms with van der Waals surface area (Å²) in [5, 5.41) is 8.56. The van der Waals surface area contributed by atoms with Gasteiger partial charge in [-0.15, -0.1) is 0 Å². The second kappa shape index (κ2) is 3.48. The van der Waals surface area contributed by atoms with Crippen LogP contribution in [0.15, 0.2) is 0 Å². The highest BCUT2D eigenvalue weighted by atomic mass is 16.4. The lowest BCUT2D eigenvalue weighted by molar-refractivity contribution is -0.150. The van der Waals surface area contributed by atoms with Crippen LogP contribution >= 0.6 is 0 Å². The van der Waals surface area contributed by atoms with Crippen molar-refractivity contribution < 1.29 is 14.7 Å². The SMILES string of the molecule is NC1(C(=O)N2CC(CC(=O)O)C2)CCC1. The number of likely N-dealkylation sites (tertiary alicyclic amines) is 1. The average molecular weight is 212 g/mol. The molecule has 0 spiro atoms. The fraction of sp³-hybridized carbons (Fsp3) is 0.800. The monoisotopic (exact) mass is 212 g/mol. The van der Waals surface area contributed by atoms with Crippen LogP contribution in [0.5, 0.6) is 0 Å². The van der Waals surface area contributed by atoms with Crippen LogP contribution in [0.1, 0.15) is 25.7 Å². The lowest BCUT2D eigenvalue weighted by atomic mass is 9.75. The second-order valence-corrected chi connectivity index (χ2v) is 4.68. The number of nitrogens with two attached hydrogens (primary N) is 1. The van der Waals surface area contributed by atoms with E-state index in [1.165, 1.54) is 0 Å². The first-order valence-electron chi connectivity index (χ1n) is 5.31. The standard InChI is InChI=1S/C10H16N2O3/c11-10(2-1-3-10)9(15)12-5-7(6-12)4-8(13)14/h7H,1-6,11H2,(H,13,14). The molecule has 1 heterocycles. The molecule has 0 atom stereocenters. The molecule has 5 nitrogen and oxygen atoms in total. The Labute approximate surface area is 88.2 Å². The minimum absolute atomic E-state index is 0.00962. The molecule has 0 aromatic rings. The van der Waals surface area contributed by atoms with Gasteiger partial charge >= 0.3 is 5.97 Å². The fourth-order valence-corrected chi connectivity index (χ4v) is 2.20. The van der Waals surface area contributed by atoms with Crippen LogP contribution in [-0.4, -0.2) is 40.5 Å². The van der Waals surface area contributed by atoms with E-state index < -0.39 is 11.5 Å². The summed E-state index contributed by atoms with van der Waals surface area (Å²) in [4.78, 5) is 23.9. The fourth-order valence-electron chi connectivity index (χ4n) is 2.20. The van der Waals surface area contributed by atoms with E-state index in [-0.39, 0.29) is 18.2 Å². The molecule has 3 N–H and O–H groups in total. The van der Waals surface area contributed by atoms with Gasteiger partial charge in [0.2, 0.25) is 5.91 Å². The van der Waals surface area contributed by atoms with Crippen molar-refractivity contribution in [3.63, 3.8) is 0 Å². The number of carboxylic acids is 1. The van der Waals surface area contributed by atoms with Crippen molar-refractivity contribution in [1.29, 1.82) is 0 Å². The van der Waals surface area contributed by atoms with Crippen LogP contribution in [-0.2, 0) is 9.59 Å². The van der Waals surface area contributed by atoms with Gasteiger partial charge in [0, 0.05) is 19.0 Å². The van der Waals surface area contributed by atoms with Crippen molar-refractivity contribution >= 4 is 11.9 Å². The molecule has 0 unspecified atom stereocenters. The third kappa shape index (κ3) is 1.84. The summed E-state index contributed by atoms with van der Waals surface area (Å²) in [5.41, 5.74) is 5.27. The molecule has 2 rings (SSSR count). The predicted molar refractivity (Wildman–Crippen MR) is 53.1 cm³/mol. The Bertz CT molecular complexity index is 293. The van der Waals surface area contributed by atoms with Gasteiger partial charge in [0.25, 0.3) is 0 Å². The van der Waals surface area contributed by atoms with Crippen molar-refractivity contribution in [3.05, 3.63) is 0 Å². The molecule has 2 aliphatic rings. The lowest BCUT2D eigenvalue weighted by Gasteiger charge is -2.46. The molecule has 1 amide bonds. The van der Waals surface area contributed by atoms with Crippen LogP contribution in [0.2, 0.25) is 0 Å². The Balaban J connectivity index is 1.79. The van der Waals surface area contributed by atoms with Gasteiger partial charge in [-0.25, -0.2) is 0 Å². The molecule has 0 aromatic carbocycles. The summed E-state index contributed by atoms with van der Waals surface area (Å²) < 4.78 is 0. The first-order chi connectivity index (χ1) is 7.01. The molecule has 0 aromatic heterocycles. The van der Waals surface area contributed by atoms with E-state index in [0.717, 1.165) is 19.3 Å². The molecule has 1 aliphatic carbocycles. The largest absolute Gasteiger partial charge is 0.481 e. The summed E-state index contributed by atoms with van der Waals surface area (Å²) >= 11 is 0. The van der Waals surface area contributed by atoms with Crippen LogP contribution in [0.25, 0.3) is 0 Å². The van der Waals surface area contributed by atoms with E-state index in [1.807, 2.05) is 0 Å². The number of carboxylic acid groups (broad SMARTS) is 1. The minimum Gasteiger partial charge on any atom is -0.481 e. The number of nitrogens with zero attached hydrogens (tertiary/aromatic N) is 1. The summed E-state index contributed by atoms with van der Waals surface area (Å²) in [7, 11) is 0. The molecule has 5 heteroatoms. The number of hydrogen-bond acceptors (Lipinski definition) is 3. The first kappa shape index (κ1) is 10.4. The second-order valence-electron chi connectivity index (χ2n) is 4.68. The Morgan fingerprint density at radius 2 is 2.00 bits per heavy atom. The maximum atomic E-state index is 11.8. The third-order valence-electron chi connectivity index (χ3n) is 3.38. The number of amides is 1. The summed E-state index contributed by atoms with van der Waals surface area (Å²) in [6, 6.07) is 0. The predicted octanol–water partition coefficient (Wildman–Crippen LogP) is -0.199. The van der Waals surface area contributed by atoms with E-state index in [2.05, 4.69) is 0 Å². The van der Waals surface area contributed by atoms with E-state index >= 15 is 0 Å². The average Bonchev–Trinajstić information content (AvgIpc) is 2.05. The van der Waals surface area contributed by atoms with Gasteiger partial charge in [0.05, 0.1) is 12.0 Å². The number of aliphatic carboxylic acids is 1. The highest BCUT2D eigenvalue weighted by Crippen LogP contribution is 2.33. The Hall–Kier alpha value is -1.10.